The molecule has 1 aromatic heterocycles. The molecule has 2 aromatic rings. The molecule has 1 fully saturated rings. The Bertz CT molecular complexity index is 804. The van der Waals surface area contributed by atoms with E-state index in [4.69, 9.17) is 9.78 Å². The molecule has 0 spiro atoms. The average molecular weight is 358 g/mol. The average Bonchev–Trinajstić information content (AvgIpc) is 3.07. The third-order valence-corrected chi connectivity index (χ3v) is 4.78. The van der Waals surface area contributed by atoms with Gasteiger partial charge in [-0.15, -0.1) is 0 Å². The third kappa shape index (κ3) is 4.29. The van der Waals surface area contributed by atoms with Crippen molar-refractivity contribution in [1.82, 2.24) is 20.7 Å². The molecule has 3 rings (SSSR count). The summed E-state index contributed by atoms with van der Waals surface area (Å²) >= 11 is 0. The number of aliphatic imine (C=N–C) groups is 1. The fraction of sp³-hybridized carbons (Fsp3) is 0.500. The largest absolute Gasteiger partial charge is 0.356 e. The van der Waals surface area contributed by atoms with E-state index in [2.05, 4.69) is 25.7 Å². The topological polar surface area (TPSA) is 89.5 Å². The Labute approximate surface area is 151 Å². The van der Waals surface area contributed by atoms with Crippen molar-refractivity contribution in [1.29, 1.82) is 5.26 Å². The Morgan fingerprint density at radius 2 is 2.27 bits per heavy atom. The summed E-state index contributed by atoms with van der Waals surface area (Å²) in [6.45, 7) is 3.77. The van der Waals surface area contributed by atoms with E-state index in [-0.39, 0.29) is 5.82 Å². The molecule has 0 unspecified atom stereocenters. The number of piperidine rings is 1. The Morgan fingerprint density at radius 3 is 3.00 bits per heavy atom. The van der Waals surface area contributed by atoms with Crippen LogP contribution < -0.4 is 10.6 Å². The first-order chi connectivity index (χ1) is 12.7. The van der Waals surface area contributed by atoms with Crippen LogP contribution in [0.15, 0.2) is 27.7 Å². The van der Waals surface area contributed by atoms with Crippen molar-refractivity contribution in [2.75, 3.05) is 33.2 Å². The minimum atomic E-state index is -0.301. The van der Waals surface area contributed by atoms with Crippen molar-refractivity contribution in [3.8, 4) is 6.19 Å². The molecule has 1 aliphatic rings. The smallest absolute Gasteiger partial charge is 0.204 e. The Balaban J connectivity index is 1.45. The van der Waals surface area contributed by atoms with Crippen molar-refractivity contribution in [3.63, 3.8) is 0 Å². The van der Waals surface area contributed by atoms with Gasteiger partial charge in [-0.25, -0.2) is 4.39 Å². The van der Waals surface area contributed by atoms with E-state index in [1.807, 2.05) is 6.19 Å². The first-order valence-corrected chi connectivity index (χ1v) is 8.84. The number of hydrogen-bond acceptors (Lipinski definition) is 5. The monoisotopic (exact) mass is 358 g/mol. The van der Waals surface area contributed by atoms with Gasteiger partial charge in [0.25, 0.3) is 0 Å². The summed E-state index contributed by atoms with van der Waals surface area (Å²) in [6, 6.07) is 4.61. The van der Waals surface area contributed by atoms with Gasteiger partial charge in [0, 0.05) is 31.0 Å². The predicted octanol–water partition coefficient (Wildman–Crippen LogP) is 2.18. The molecule has 0 amide bonds. The normalized spacial score (nSPS) is 16.6. The van der Waals surface area contributed by atoms with E-state index in [1.165, 1.54) is 12.1 Å². The summed E-state index contributed by atoms with van der Waals surface area (Å²) < 4.78 is 18.6. The first kappa shape index (κ1) is 18.1. The maximum atomic E-state index is 13.3. The van der Waals surface area contributed by atoms with Crippen molar-refractivity contribution in [2.24, 2.45) is 4.99 Å². The summed E-state index contributed by atoms with van der Waals surface area (Å²) in [4.78, 5) is 6.38. The summed E-state index contributed by atoms with van der Waals surface area (Å²) in [5.74, 6) is 0.556. The molecule has 0 bridgehead atoms. The van der Waals surface area contributed by atoms with E-state index >= 15 is 0 Å². The highest BCUT2D eigenvalue weighted by Crippen LogP contribution is 2.32. The highest BCUT2D eigenvalue weighted by molar-refractivity contribution is 5.81. The zero-order valence-electron chi connectivity index (χ0n) is 14.8. The molecule has 2 N–H and O–H groups in total. The summed E-state index contributed by atoms with van der Waals surface area (Å²) in [6.07, 6.45) is 4.87. The Morgan fingerprint density at radius 1 is 1.46 bits per heavy atom. The maximum Gasteiger partial charge on any atom is 0.204 e. The van der Waals surface area contributed by atoms with Crippen LogP contribution >= 0.6 is 0 Å². The van der Waals surface area contributed by atoms with Gasteiger partial charge in [0.1, 0.15) is 5.82 Å². The van der Waals surface area contributed by atoms with Crippen molar-refractivity contribution in [2.45, 2.75) is 25.2 Å². The Kier molecular flexibility index (Phi) is 6.02. The number of guanidine groups is 1. The van der Waals surface area contributed by atoms with Crippen molar-refractivity contribution >= 4 is 16.9 Å². The zero-order valence-corrected chi connectivity index (χ0v) is 14.8. The van der Waals surface area contributed by atoms with Gasteiger partial charge in [0.2, 0.25) is 5.96 Å². The molecule has 7 nitrogen and oxygen atoms in total. The fourth-order valence-corrected chi connectivity index (χ4v) is 3.40. The van der Waals surface area contributed by atoms with Crippen LogP contribution in [0.2, 0.25) is 0 Å². The molecule has 138 valence electrons. The van der Waals surface area contributed by atoms with Crippen LogP contribution in [0.25, 0.3) is 11.0 Å². The number of benzene rings is 1. The zero-order chi connectivity index (χ0) is 18.4. The lowest BCUT2D eigenvalue weighted by Gasteiger charge is -2.31. The van der Waals surface area contributed by atoms with Crippen LogP contribution in [0, 0.1) is 17.3 Å². The van der Waals surface area contributed by atoms with E-state index < -0.39 is 0 Å². The quantitative estimate of drug-likeness (QED) is 0.280. The number of nitriles is 1. The molecule has 1 saturated heterocycles. The minimum absolute atomic E-state index is 0.301. The molecule has 0 saturated carbocycles. The van der Waals surface area contributed by atoms with Gasteiger partial charge in [-0.05, 0) is 51.0 Å². The van der Waals surface area contributed by atoms with Crippen LogP contribution in [-0.2, 0) is 0 Å². The number of nitrogens with one attached hydrogen (secondary N) is 2. The van der Waals surface area contributed by atoms with Crippen LogP contribution in [0.1, 0.15) is 30.9 Å². The van der Waals surface area contributed by atoms with Gasteiger partial charge >= 0.3 is 0 Å². The number of aromatic nitrogens is 1. The molecular formula is C18H23FN6O. The fourth-order valence-electron chi connectivity index (χ4n) is 3.40. The van der Waals surface area contributed by atoms with Crippen molar-refractivity contribution in [3.05, 3.63) is 29.7 Å². The van der Waals surface area contributed by atoms with E-state index in [0.717, 1.165) is 56.5 Å². The van der Waals surface area contributed by atoms with E-state index in [9.17, 15) is 4.39 Å². The molecule has 26 heavy (non-hydrogen) atoms. The standard InChI is InChI=1S/C18H23FN6O/c1-21-18(23-12-20)22-7-2-8-25-9-5-13(6-10-25)17-15-4-3-14(19)11-16(15)26-24-17/h3-4,11,13H,2,5-10H2,1H3,(H2,21,22,23). The van der Waals surface area contributed by atoms with Gasteiger partial charge in [-0.2, -0.15) is 5.26 Å². The molecular weight excluding hydrogens is 335 g/mol. The molecule has 8 heteroatoms. The molecule has 0 atom stereocenters. The second kappa shape index (κ2) is 8.63. The lowest BCUT2D eigenvalue weighted by atomic mass is 9.91. The predicted molar refractivity (Wildman–Crippen MR) is 97.1 cm³/mol. The number of likely N-dealkylation sites (tertiary alicyclic amines) is 1. The molecule has 2 heterocycles. The van der Waals surface area contributed by atoms with E-state index in [1.54, 1.807) is 13.1 Å². The van der Waals surface area contributed by atoms with Gasteiger partial charge in [-0.1, -0.05) is 5.16 Å². The van der Waals surface area contributed by atoms with Gasteiger partial charge in [0.05, 0.1) is 5.69 Å². The highest BCUT2D eigenvalue weighted by atomic mass is 19.1. The Hall–Kier alpha value is -2.66. The van der Waals surface area contributed by atoms with Crippen molar-refractivity contribution < 1.29 is 8.91 Å². The molecule has 1 aliphatic heterocycles. The van der Waals surface area contributed by atoms with Crippen LogP contribution in [0.5, 0.6) is 0 Å². The van der Waals surface area contributed by atoms with Crippen LogP contribution in [0.4, 0.5) is 4.39 Å². The summed E-state index contributed by atoms with van der Waals surface area (Å²) in [5.41, 5.74) is 1.47. The number of rotatable bonds is 5. The molecule has 0 aliphatic carbocycles. The number of halogens is 1. The highest BCUT2D eigenvalue weighted by Gasteiger charge is 2.24. The number of hydrogen-bond donors (Lipinski definition) is 2. The number of nitrogens with zero attached hydrogens (tertiary/aromatic N) is 4. The second-order valence-corrected chi connectivity index (χ2v) is 6.41. The SMILES string of the molecule is CN=C(NC#N)NCCCN1CCC(c2noc3cc(F)ccc23)CC1. The van der Waals surface area contributed by atoms with Crippen LogP contribution in [-0.4, -0.2) is 49.2 Å². The lowest BCUT2D eigenvalue weighted by Crippen LogP contribution is -2.38. The van der Waals surface area contributed by atoms with Gasteiger partial charge < -0.3 is 14.7 Å². The van der Waals surface area contributed by atoms with E-state index in [0.29, 0.717) is 17.5 Å². The minimum Gasteiger partial charge on any atom is -0.356 e. The summed E-state index contributed by atoms with van der Waals surface area (Å²) in [5, 5.41) is 19.3. The van der Waals surface area contributed by atoms with Gasteiger partial charge in [0.15, 0.2) is 11.8 Å². The lowest BCUT2D eigenvalue weighted by molar-refractivity contribution is 0.207. The van der Waals surface area contributed by atoms with Crippen LogP contribution in [0.3, 0.4) is 0 Å². The molecule has 0 radical (unpaired) electrons. The first-order valence-electron chi connectivity index (χ1n) is 8.84. The second-order valence-electron chi connectivity index (χ2n) is 6.41. The molecule has 1 aromatic carbocycles. The summed E-state index contributed by atoms with van der Waals surface area (Å²) in [7, 11) is 1.64. The number of fused-ring (bicyclic) bond motifs is 1. The van der Waals surface area contributed by atoms with Gasteiger partial charge in [-0.3, -0.25) is 10.3 Å². The maximum absolute atomic E-state index is 13.3. The third-order valence-electron chi connectivity index (χ3n) is 4.78.